The Labute approximate surface area is 491 Å². The van der Waals surface area contributed by atoms with E-state index in [9.17, 15) is 14.4 Å². The lowest BCUT2D eigenvalue weighted by Crippen LogP contribution is -2.30. The molecule has 0 radical (unpaired) electrons. The molecule has 0 saturated heterocycles. The fourth-order valence-electron chi connectivity index (χ4n) is 9.95. The second-order valence-corrected chi connectivity index (χ2v) is 23.1. The largest absolute Gasteiger partial charge is 0.462 e. The van der Waals surface area contributed by atoms with E-state index in [0.29, 0.717) is 19.3 Å². The summed E-state index contributed by atoms with van der Waals surface area (Å²) >= 11 is 0. The molecule has 1 atom stereocenters. The summed E-state index contributed by atoms with van der Waals surface area (Å²) in [4.78, 5) is 38.4. The molecule has 0 N–H and O–H groups in total. The number of ether oxygens (including phenoxy) is 3. The molecule has 0 aliphatic rings. The van der Waals surface area contributed by atoms with E-state index in [2.05, 4.69) is 93.7 Å². The van der Waals surface area contributed by atoms with Crippen molar-refractivity contribution in [1.82, 2.24) is 0 Å². The van der Waals surface area contributed by atoms with Gasteiger partial charge in [0.2, 0.25) is 0 Å². The molecule has 6 nitrogen and oxygen atoms in total. The highest BCUT2D eigenvalue weighted by Crippen LogP contribution is 2.17. The maximum Gasteiger partial charge on any atom is 0.306 e. The van der Waals surface area contributed by atoms with Crippen molar-refractivity contribution in [2.45, 2.75) is 361 Å². The van der Waals surface area contributed by atoms with E-state index >= 15 is 0 Å². The molecule has 0 aromatic carbocycles. The van der Waals surface area contributed by atoms with Crippen LogP contribution in [0.3, 0.4) is 0 Å². The summed E-state index contributed by atoms with van der Waals surface area (Å²) < 4.78 is 17.0. The van der Waals surface area contributed by atoms with E-state index in [1.807, 2.05) is 0 Å². The van der Waals surface area contributed by atoms with Gasteiger partial charge in [0.15, 0.2) is 6.10 Å². The first-order valence-electron chi connectivity index (χ1n) is 34.4. The van der Waals surface area contributed by atoms with Gasteiger partial charge in [-0.3, -0.25) is 14.4 Å². The summed E-state index contributed by atoms with van der Waals surface area (Å²) in [6.45, 7) is 6.63. The van der Waals surface area contributed by atoms with Gasteiger partial charge in [0.05, 0.1) is 0 Å². The van der Waals surface area contributed by atoms with Gasteiger partial charge in [0.25, 0.3) is 0 Å². The lowest BCUT2D eigenvalue weighted by molar-refractivity contribution is -0.167. The molecule has 6 heteroatoms. The lowest BCUT2D eigenvalue weighted by atomic mass is 10.0. The summed E-state index contributed by atoms with van der Waals surface area (Å²) in [5, 5.41) is 0. The van der Waals surface area contributed by atoms with Crippen molar-refractivity contribution in [2.75, 3.05) is 13.2 Å². The lowest BCUT2D eigenvalue weighted by Gasteiger charge is -2.18. The first kappa shape index (κ1) is 75.8. The highest BCUT2D eigenvalue weighted by Gasteiger charge is 2.19. The monoisotopic (exact) mass is 1100 g/mol. The molecule has 0 aliphatic heterocycles. The summed E-state index contributed by atoms with van der Waals surface area (Å²) in [6.07, 6.45) is 87.7. The number of hydrogen-bond donors (Lipinski definition) is 0. The average Bonchev–Trinajstić information content (AvgIpc) is 3.45. The van der Waals surface area contributed by atoms with Gasteiger partial charge >= 0.3 is 17.9 Å². The fraction of sp³-hybridized carbons (Fsp3) is 0.795. The Morgan fingerprint density at radius 3 is 0.747 bits per heavy atom. The highest BCUT2D eigenvalue weighted by molar-refractivity contribution is 5.71. The zero-order chi connectivity index (χ0) is 57.1. The van der Waals surface area contributed by atoms with Crippen molar-refractivity contribution in [2.24, 2.45) is 0 Å². The summed E-state index contributed by atoms with van der Waals surface area (Å²) in [5.74, 6) is -0.893. The maximum atomic E-state index is 12.9. The summed E-state index contributed by atoms with van der Waals surface area (Å²) in [7, 11) is 0. The van der Waals surface area contributed by atoms with E-state index in [1.165, 1.54) is 212 Å². The number of allylic oxidation sites excluding steroid dienone is 12. The molecule has 0 saturated carbocycles. The van der Waals surface area contributed by atoms with Crippen LogP contribution in [-0.4, -0.2) is 37.2 Å². The topological polar surface area (TPSA) is 78.9 Å². The Morgan fingerprint density at radius 1 is 0.253 bits per heavy atom. The minimum absolute atomic E-state index is 0.0836. The molecule has 79 heavy (non-hydrogen) atoms. The highest BCUT2D eigenvalue weighted by atomic mass is 16.6. The third kappa shape index (κ3) is 65.5. The molecular formula is C73H130O6. The van der Waals surface area contributed by atoms with E-state index in [-0.39, 0.29) is 31.1 Å². The van der Waals surface area contributed by atoms with E-state index in [0.717, 1.165) is 103 Å². The zero-order valence-corrected chi connectivity index (χ0v) is 52.6. The molecule has 458 valence electrons. The molecule has 0 spiro atoms. The van der Waals surface area contributed by atoms with Crippen molar-refractivity contribution in [1.29, 1.82) is 0 Å². The van der Waals surface area contributed by atoms with Crippen molar-refractivity contribution in [3.8, 4) is 0 Å². The fourth-order valence-corrected chi connectivity index (χ4v) is 9.95. The van der Waals surface area contributed by atoms with Crippen LogP contribution < -0.4 is 0 Å². The van der Waals surface area contributed by atoms with Crippen LogP contribution in [0.4, 0.5) is 0 Å². The van der Waals surface area contributed by atoms with Gasteiger partial charge in [0, 0.05) is 19.3 Å². The summed E-state index contributed by atoms with van der Waals surface area (Å²) in [6, 6.07) is 0. The van der Waals surface area contributed by atoms with Gasteiger partial charge in [-0.15, -0.1) is 0 Å². The van der Waals surface area contributed by atoms with Crippen LogP contribution >= 0.6 is 0 Å². The van der Waals surface area contributed by atoms with Crippen molar-refractivity contribution < 1.29 is 28.6 Å². The van der Waals surface area contributed by atoms with Crippen molar-refractivity contribution >= 4 is 17.9 Å². The molecule has 0 bridgehead atoms. The number of carbonyl (C=O) groups is 3. The second kappa shape index (κ2) is 67.4. The molecule has 1 unspecified atom stereocenters. The van der Waals surface area contributed by atoms with Gasteiger partial charge in [0.1, 0.15) is 13.2 Å². The Balaban J connectivity index is 4.34. The van der Waals surface area contributed by atoms with Gasteiger partial charge in [-0.1, -0.05) is 293 Å². The van der Waals surface area contributed by atoms with Crippen molar-refractivity contribution in [3.05, 3.63) is 72.9 Å². The third-order valence-electron chi connectivity index (χ3n) is 15.2. The number of carbonyl (C=O) groups excluding carboxylic acids is 3. The number of unbranched alkanes of at least 4 members (excludes halogenated alkanes) is 40. The van der Waals surface area contributed by atoms with E-state index < -0.39 is 6.10 Å². The van der Waals surface area contributed by atoms with Gasteiger partial charge in [-0.05, 0) is 116 Å². The predicted molar refractivity (Wildman–Crippen MR) is 344 cm³/mol. The molecule has 0 aromatic heterocycles. The number of rotatable bonds is 63. The van der Waals surface area contributed by atoms with Crippen LogP contribution in [0.5, 0.6) is 0 Å². The van der Waals surface area contributed by atoms with Crippen LogP contribution in [0.15, 0.2) is 72.9 Å². The van der Waals surface area contributed by atoms with E-state index in [1.54, 1.807) is 0 Å². The minimum Gasteiger partial charge on any atom is -0.462 e. The van der Waals surface area contributed by atoms with Gasteiger partial charge < -0.3 is 14.2 Å². The molecule has 0 fully saturated rings. The SMILES string of the molecule is CCCCC/C=C\C/C=C\CCCCCCCC(=O)OCC(COC(=O)CCCCCCCCCCCCCCC/C=C\CCCCCCCCCC)OC(=O)CCCCCCCC/C=C\C/C=C\C/C=C\CCCCCCC. The molecule has 0 heterocycles. The molecule has 0 aliphatic carbocycles. The van der Waals surface area contributed by atoms with Gasteiger partial charge in [-0.25, -0.2) is 0 Å². The van der Waals surface area contributed by atoms with Crippen LogP contribution in [0.25, 0.3) is 0 Å². The maximum absolute atomic E-state index is 12.9. The molecular weight excluding hydrogens is 973 g/mol. The first-order valence-corrected chi connectivity index (χ1v) is 34.4. The van der Waals surface area contributed by atoms with Crippen LogP contribution in [0, 0.1) is 0 Å². The Bertz CT molecular complexity index is 1450. The second-order valence-electron chi connectivity index (χ2n) is 23.1. The van der Waals surface area contributed by atoms with Crippen LogP contribution in [0.2, 0.25) is 0 Å². The van der Waals surface area contributed by atoms with Crippen LogP contribution in [-0.2, 0) is 28.6 Å². The Hall–Kier alpha value is -3.15. The Morgan fingerprint density at radius 2 is 0.456 bits per heavy atom. The molecule has 0 amide bonds. The molecule has 0 aromatic rings. The predicted octanol–water partition coefficient (Wildman–Crippen LogP) is 23.7. The molecule has 0 rings (SSSR count). The zero-order valence-electron chi connectivity index (χ0n) is 52.6. The van der Waals surface area contributed by atoms with E-state index in [4.69, 9.17) is 14.2 Å². The number of esters is 3. The average molecular weight is 1100 g/mol. The normalized spacial score (nSPS) is 12.5. The Kier molecular flexibility index (Phi) is 64.7. The number of hydrogen-bond acceptors (Lipinski definition) is 6. The minimum atomic E-state index is -0.790. The van der Waals surface area contributed by atoms with Crippen LogP contribution in [0.1, 0.15) is 355 Å². The van der Waals surface area contributed by atoms with Crippen molar-refractivity contribution in [3.63, 3.8) is 0 Å². The summed E-state index contributed by atoms with van der Waals surface area (Å²) in [5.41, 5.74) is 0. The smallest absolute Gasteiger partial charge is 0.306 e. The third-order valence-corrected chi connectivity index (χ3v) is 15.2. The first-order chi connectivity index (χ1) is 39.0. The standard InChI is InChI=1S/C73H130O6/c1-4-7-10-13-16-19-22-25-28-30-32-34-35-36-37-39-40-42-45-48-51-54-57-60-63-66-72(75)78-69-70(68-77-71(74)65-62-59-56-53-50-47-44-27-24-21-18-15-12-9-6-3)79-73(76)67-64-61-58-55-52-49-46-43-41-38-33-31-29-26-23-20-17-14-11-8-5-2/h18,21,23,26-27,30-33,41,43-44,70H,4-17,19-20,22,24-25,28-29,34-40,42,45-69H2,1-3H3/b21-18-,26-23-,32-30-,33-31-,43-41-,44-27-. The quantitative estimate of drug-likeness (QED) is 0.0261. The van der Waals surface area contributed by atoms with Gasteiger partial charge in [-0.2, -0.15) is 0 Å².